The number of hydrogen-bond acceptors (Lipinski definition) is 6. The maximum absolute atomic E-state index is 5.65. The molecule has 0 aromatic carbocycles. The van der Waals surface area contributed by atoms with E-state index in [9.17, 15) is 0 Å². The van der Waals surface area contributed by atoms with Crippen LogP contribution in [0.25, 0.3) is 0 Å². The Morgan fingerprint density at radius 3 is 2.61 bits per heavy atom. The van der Waals surface area contributed by atoms with Crippen LogP contribution < -0.4 is 15.4 Å². The number of anilines is 2. The molecule has 1 aromatic heterocycles. The van der Waals surface area contributed by atoms with Crippen molar-refractivity contribution in [2.45, 2.75) is 26.7 Å². The van der Waals surface area contributed by atoms with Crippen molar-refractivity contribution in [3.8, 4) is 6.01 Å². The Morgan fingerprint density at radius 2 is 2.00 bits per heavy atom. The van der Waals surface area contributed by atoms with Crippen molar-refractivity contribution in [3.05, 3.63) is 12.7 Å². The van der Waals surface area contributed by atoms with Crippen molar-refractivity contribution >= 4 is 11.9 Å². The molecule has 0 atom stereocenters. The molecule has 6 heteroatoms. The normalized spacial score (nSPS) is 10.1. The van der Waals surface area contributed by atoms with Crippen LogP contribution in [0, 0.1) is 0 Å². The molecule has 0 radical (unpaired) electrons. The number of unbranched alkanes of at least 4 members (excludes halogenated alkanes) is 1. The van der Waals surface area contributed by atoms with Gasteiger partial charge in [-0.15, -0.1) is 6.58 Å². The number of hydrogen-bond donors (Lipinski definition) is 1. The highest BCUT2D eigenvalue weighted by molar-refractivity contribution is 5.35. The lowest BCUT2D eigenvalue weighted by Crippen LogP contribution is -2.25. The van der Waals surface area contributed by atoms with Gasteiger partial charge >= 0.3 is 6.01 Å². The standard InChI is InChI=1S/C12H21N5O/c1-4-7-8-9-18-12-15-10(13)14-11(16-12)17(5-2)6-3/h4H,1,5-9H2,2-3H3,(H2,13,14,15,16). The molecule has 0 saturated heterocycles. The lowest BCUT2D eigenvalue weighted by molar-refractivity contribution is 0.287. The maximum atomic E-state index is 5.65. The third kappa shape index (κ3) is 4.20. The predicted molar refractivity (Wildman–Crippen MR) is 72.7 cm³/mol. The summed E-state index contributed by atoms with van der Waals surface area (Å²) in [5.41, 5.74) is 5.65. The minimum Gasteiger partial charge on any atom is -0.463 e. The van der Waals surface area contributed by atoms with Gasteiger partial charge in [0, 0.05) is 13.1 Å². The Kier molecular flexibility index (Phi) is 5.90. The Bertz CT molecular complexity index is 379. The number of nitrogens with zero attached hydrogens (tertiary/aromatic N) is 4. The second-order valence-electron chi connectivity index (χ2n) is 3.73. The van der Waals surface area contributed by atoms with Crippen LogP contribution in [-0.4, -0.2) is 34.6 Å². The first-order valence-electron chi connectivity index (χ1n) is 6.21. The largest absolute Gasteiger partial charge is 0.463 e. The molecule has 1 aromatic rings. The lowest BCUT2D eigenvalue weighted by atomic mass is 10.3. The monoisotopic (exact) mass is 251 g/mol. The Morgan fingerprint density at radius 1 is 1.28 bits per heavy atom. The molecule has 18 heavy (non-hydrogen) atoms. The van der Waals surface area contributed by atoms with Gasteiger partial charge in [0.25, 0.3) is 0 Å². The van der Waals surface area contributed by atoms with E-state index in [0.717, 1.165) is 25.9 Å². The summed E-state index contributed by atoms with van der Waals surface area (Å²) in [4.78, 5) is 14.3. The molecule has 0 aliphatic carbocycles. The second kappa shape index (κ2) is 7.47. The van der Waals surface area contributed by atoms with E-state index in [-0.39, 0.29) is 12.0 Å². The summed E-state index contributed by atoms with van der Waals surface area (Å²) in [6, 6.07) is 0.286. The molecular formula is C12H21N5O. The number of allylic oxidation sites excluding steroid dienone is 1. The third-order valence-electron chi connectivity index (χ3n) is 2.45. The van der Waals surface area contributed by atoms with Gasteiger partial charge in [0.1, 0.15) is 0 Å². The summed E-state index contributed by atoms with van der Waals surface area (Å²) < 4.78 is 5.45. The van der Waals surface area contributed by atoms with Crippen molar-refractivity contribution in [2.24, 2.45) is 0 Å². The highest BCUT2D eigenvalue weighted by Gasteiger charge is 2.10. The molecule has 0 unspecified atom stereocenters. The van der Waals surface area contributed by atoms with E-state index in [4.69, 9.17) is 10.5 Å². The SMILES string of the molecule is C=CCCCOc1nc(N)nc(N(CC)CC)n1. The molecule has 0 bridgehead atoms. The predicted octanol–water partition coefficient (Wildman–Crippen LogP) is 1.64. The Labute approximate surface area is 108 Å². The van der Waals surface area contributed by atoms with Crippen LogP contribution in [0.2, 0.25) is 0 Å². The summed E-state index contributed by atoms with van der Waals surface area (Å²) in [5.74, 6) is 0.747. The molecule has 0 aliphatic rings. The average Bonchev–Trinajstić information content (AvgIpc) is 2.36. The topological polar surface area (TPSA) is 77.2 Å². The molecular weight excluding hydrogens is 230 g/mol. The zero-order valence-electron chi connectivity index (χ0n) is 11.1. The van der Waals surface area contributed by atoms with Gasteiger partial charge in [-0.05, 0) is 26.7 Å². The smallest absolute Gasteiger partial charge is 0.323 e. The highest BCUT2D eigenvalue weighted by Crippen LogP contribution is 2.13. The van der Waals surface area contributed by atoms with Gasteiger partial charge in [-0.2, -0.15) is 15.0 Å². The first-order chi connectivity index (χ1) is 8.71. The van der Waals surface area contributed by atoms with Gasteiger partial charge in [0.15, 0.2) is 0 Å². The number of nitrogen functional groups attached to an aromatic ring is 1. The van der Waals surface area contributed by atoms with Crippen LogP contribution in [-0.2, 0) is 0 Å². The van der Waals surface area contributed by atoms with E-state index in [2.05, 4.69) is 21.5 Å². The number of aromatic nitrogens is 3. The number of rotatable bonds is 8. The lowest BCUT2D eigenvalue weighted by Gasteiger charge is -2.18. The first-order valence-corrected chi connectivity index (χ1v) is 6.21. The van der Waals surface area contributed by atoms with Crippen LogP contribution in [0.15, 0.2) is 12.7 Å². The fourth-order valence-corrected chi connectivity index (χ4v) is 1.46. The molecule has 0 saturated carbocycles. The summed E-state index contributed by atoms with van der Waals surface area (Å²) in [6.45, 7) is 9.91. The average molecular weight is 251 g/mol. The highest BCUT2D eigenvalue weighted by atomic mass is 16.5. The molecule has 0 fully saturated rings. The van der Waals surface area contributed by atoms with Crippen molar-refractivity contribution < 1.29 is 4.74 Å². The van der Waals surface area contributed by atoms with Crippen LogP contribution in [0.1, 0.15) is 26.7 Å². The van der Waals surface area contributed by atoms with Crippen LogP contribution in [0.5, 0.6) is 6.01 Å². The number of ether oxygens (including phenoxy) is 1. The molecule has 0 aliphatic heterocycles. The Hall–Kier alpha value is -1.85. The fourth-order valence-electron chi connectivity index (χ4n) is 1.46. The van der Waals surface area contributed by atoms with E-state index in [0.29, 0.717) is 12.6 Å². The zero-order chi connectivity index (χ0) is 13.4. The first kappa shape index (κ1) is 14.2. The second-order valence-corrected chi connectivity index (χ2v) is 3.73. The van der Waals surface area contributed by atoms with Crippen LogP contribution in [0.3, 0.4) is 0 Å². The van der Waals surface area contributed by atoms with Gasteiger partial charge in [-0.1, -0.05) is 6.08 Å². The van der Waals surface area contributed by atoms with Crippen molar-refractivity contribution in [3.63, 3.8) is 0 Å². The summed E-state index contributed by atoms with van der Waals surface area (Å²) in [7, 11) is 0. The van der Waals surface area contributed by atoms with Crippen molar-refractivity contribution in [1.82, 2.24) is 15.0 Å². The van der Waals surface area contributed by atoms with Crippen LogP contribution >= 0.6 is 0 Å². The molecule has 2 N–H and O–H groups in total. The molecule has 6 nitrogen and oxygen atoms in total. The van der Waals surface area contributed by atoms with Gasteiger partial charge < -0.3 is 15.4 Å². The maximum Gasteiger partial charge on any atom is 0.323 e. The molecule has 0 spiro atoms. The molecule has 100 valence electrons. The molecule has 0 amide bonds. The summed E-state index contributed by atoms with van der Waals surface area (Å²) in [5, 5.41) is 0. The minimum atomic E-state index is 0.186. The van der Waals surface area contributed by atoms with E-state index >= 15 is 0 Å². The van der Waals surface area contributed by atoms with Crippen molar-refractivity contribution in [2.75, 3.05) is 30.3 Å². The quantitative estimate of drug-likeness (QED) is 0.559. The summed E-state index contributed by atoms with van der Waals surface area (Å²) in [6.07, 6.45) is 3.64. The zero-order valence-corrected chi connectivity index (χ0v) is 11.1. The van der Waals surface area contributed by atoms with Gasteiger partial charge in [-0.25, -0.2) is 0 Å². The number of nitrogens with two attached hydrogens (primary N) is 1. The van der Waals surface area contributed by atoms with E-state index in [1.54, 1.807) is 0 Å². The molecule has 1 rings (SSSR count). The van der Waals surface area contributed by atoms with E-state index in [1.165, 1.54) is 0 Å². The van der Waals surface area contributed by atoms with E-state index in [1.807, 2.05) is 24.8 Å². The molecule has 1 heterocycles. The van der Waals surface area contributed by atoms with Crippen molar-refractivity contribution in [1.29, 1.82) is 0 Å². The van der Waals surface area contributed by atoms with Crippen LogP contribution in [0.4, 0.5) is 11.9 Å². The van der Waals surface area contributed by atoms with Gasteiger partial charge in [0.05, 0.1) is 6.61 Å². The third-order valence-corrected chi connectivity index (χ3v) is 2.45. The fraction of sp³-hybridized carbons (Fsp3) is 0.583. The van der Waals surface area contributed by atoms with Gasteiger partial charge in [0.2, 0.25) is 11.9 Å². The summed E-state index contributed by atoms with van der Waals surface area (Å²) >= 11 is 0. The minimum absolute atomic E-state index is 0.186. The Balaban J connectivity index is 2.70. The van der Waals surface area contributed by atoms with E-state index < -0.39 is 0 Å². The van der Waals surface area contributed by atoms with Gasteiger partial charge in [-0.3, -0.25) is 0 Å².